The van der Waals surface area contributed by atoms with Gasteiger partial charge in [0.1, 0.15) is 12.4 Å². The smallest absolute Gasteiger partial charge is 0.290 e. The summed E-state index contributed by atoms with van der Waals surface area (Å²) in [6.45, 7) is 4.20. The van der Waals surface area contributed by atoms with Crippen molar-refractivity contribution in [2.75, 3.05) is 13.2 Å². The Labute approximate surface area is 133 Å². The van der Waals surface area contributed by atoms with Crippen molar-refractivity contribution in [2.45, 2.75) is 39.7 Å². The van der Waals surface area contributed by atoms with Gasteiger partial charge in [0.05, 0.1) is 23.9 Å². The number of carbonyl (C=O) groups excluding carboxylic acids is 1. The van der Waals surface area contributed by atoms with E-state index >= 15 is 0 Å². The second kappa shape index (κ2) is 8.33. The molecule has 0 saturated carbocycles. The van der Waals surface area contributed by atoms with Crippen LogP contribution in [0.15, 0.2) is 15.1 Å². The van der Waals surface area contributed by atoms with Gasteiger partial charge in [-0.05, 0) is 24.9 Å². The first-order valence-corrected chi connectivity index (χ1v) is 7.58. The summed E-state index contributed by atoms with van der Waals surface area (Å²) < 4.78 is 15.7. The number of nitrogens with one attached hydrogen (secondary N) is 1. The molecule has 23 heavy (non-hydrogen) atoms. The van der Waals surface area contributed by atoms with Gasteiger partial charge in [-0.1, -0.05) is 18.5 Å². The van der Waals surface area contributed by atoms with Crippen LogP contribution in [0, 0.1) is 6.92 Å². The Morgan fingerprint density at radius 3 is 2.96 bits per heavy atom. The largest absolute Gasteiger partial charge is 0.470 e. The Balaban J connectivity index is 1.95. The van der Waals surface area contributed by atoms with Gasteiger partial charge in [0.2, 0.25) is 5.76 Å². The zero-order chi connectivity index (χ0) is 16.7. The maximum Gasteiger partial charge on any atom is 0.290 e. The lowest BCUT2D eigenvalue weighted by molar-refractivity contribution is 0.0907. The second-order valence-electron chi connectivity index (χ2n) is 5.07. The average molecular weight is 323 g/mol. The highest BCUT2D eigenvalue weighted by Gasteiger charge is 2.16. The van der Waals surface area contributed by atoms with Crippen LogP contribution >= 0.6 is 0 Å². The summed E-state index contributed by atoms with van der Waals surface area (Å²) in [6, 6.07) is 1.40. The van der Waals surface area contributed by atoms with E-state index in [1.807, 2.05) is 6.92 Å². The van der Waals surface area contributed by atoms with Crippen LogP contribution < -0.4 is 10.1 Å². The molecule has 2 heterocycles. The summed E-state index contributed by atoms with van der Waals surface area (Å²) >= 11 is 0. The van der Waals surface area contributed by atoms with E-state index in [2.05, 4.69) is 22.6 Å². The third kappa shape index (κ3) is 4.56. The van der Waals surface area contributed by atoms with E-state index in [4.69, 9.17) is 18.9 Å². The number of rotatable bonds is 9. The molecule has 2 N–H and O–H groups in total. The van der Waals surface area contributed by atoms with Gasteiger partial charge in [0.25, 0.3) is 11.8 Å². The van der Waals surface area contributed by atoms with E-state index in [1.54, 1.807) is 0 Å². The van der Waals surface area contributed by atoms with Crippen LogP contribution in [0.3, 0.4) is 0 Å². The minimum atomic E-state index is -0.453. The lowest BCUT2D eigenvalue weighted by Crippen LogP contribution is -2.25. The average Bonchev–Trinajstić information content (AvgIpc) is 3.15. The zero-order valence-corrected chi connectivity index (χ0v) is 13.3. The summed E-state index contributed by atoms with van der Waals surface area (Å²) in [6.07, 6.45) is 2.93. The minimum absolute atomic E-state index is 0.0293. The van der Waals surface area contributed by atoms with Crippen molar-refractivity contribution in [2.24, 2.45) is 0 Å². The van der Waals surface area contributed by atoms with Gasteiger partial charge < -0.3 is 24.2 Å². The van der Waals surface area contributed by atoms with E-state index in [0.717, 1.165) is 30.5 Å². The highest BCUT2D eigenvalue weighted by Crippen LogP contribution is 2.19. The number of hydrogen-bond donors (Lipinski definition) is 2. The van der Waals surface area contributed by atoms with Crippen LogP contribution in [0.25, 0.3) is 0 Å². The molecule has 2 rings (SSSR count). The van der Waals surface area contributed by atoms with Crippen molar-refractivity contribution in [3.05, 3.63) is 28.8 Å². The molecule has 0 unspecified atom stereocenters. The molecule has 2 aromatic heterocycles. The van der Waals surface area contributed by atoms with Crippen LogP contribution in [0.1, 0.15) is 47.3 Å². The molecule has 8 heteroatoms. The topological polar surface area (TPSA) is 111 Å². The molecule has 0 fully saturated rings. The normalized spacial score (nSPS) is 10.7. The predicted octanol–water partition coefficient (Wildman–Crippen LogP) is 1.61. The number of amides is 1. The summed E-state index contributed by atoms with van der Waals surface area (Å²) in [7, 11) is 0. The molecule has 0 atom stereocenters. The lowest BCUT2D eigenvalue weighted by Gasteiger charge is -2.02. The molecule has 1 amide bonds. The van der Waals surface area contributed by atoms with Crippen molar-refractivity contribution < 1.29 is 23.7 Å². The Morgan fingerprint density at radius 2 is 2.22 bits per heavy atom. The molecule has 0 aliphatic carbocycles. The van der Waals surface area contributed by atoms with Gasteiger partial charge in [-0.3, -0.25) is 4.79 Å². The van der Waals surface area contributed by atoms with Crippen LogP contribution in [0.2, 0.25) is 0 Å². The molecule has 2 aromatic rings. The standard InChI is InChI=1S/C15H21N3O5/c1-3-4-5-12-11(10(2)22-17-12)9-21-14-8-13(23-18-14)15(20)16-6-7-19/h8,19H,3-7,9H2,1-2H3,(H,16,20). The van der Waals surface area contributed by atoms with E-state index < -0.39 is 5.91 Å². The molecule has 0 bridgehead atoms. The molecule has 0 radical (unpaired) electrons. The lowest BCUT2D eigenvalue weighted by atomic mass is 10.1. The number of hydrogen-bond acceptors (Lipinski definition) is 7. The fourth-order valence-electron chi connectivity index (χ4n) is 2.00. The number of ether oxygens (including phenoxy) is 1. The quantitative estimate of drug-likeness (QED) is 0.721. The molecule has 0 saturated heterocycles. The summed E-state index contributed by atoms with van der Waals surface area (Å²) in [4.78, 5) is 11.6. The van der Waals surface area contributed by atoms with Gasteiger partial charge in [-0.2, -0.15) is 0 Å². The number of aryl methyl sites for hydroxylation is 2. The number of aromatic nitrogens is 2. The second-order valence-corrected chi connectivity index (χ2v) is 5.07. The Morgan fingerprint density at radius 1 is 1.39 bits per heavy atom. The molecule has 0 aliphatic rings. The van der Waals surface area contributed by atoms with Gasteiger partial charge in [-0.25, -0.2) is 0 Å². The molecular weight excluding hydrogens is 302 g/mol. The van der Waals surface area contributed by atoms with Crippen LogP contribution in [-0.2, 0) is 13.0 Å². The van der Waals surface area contributed by atoms with E-state index in [9.17, 15) is 4.79 Å². The van der Waals surface area contributed by atoms with Crippen LogP contribution in [0.4, 0.5) is 0 Å². The van der Waals surface area contributed by atoms with Gasteiger partial charge in [0.15, 0.2) is 0 Å². The monoisotopic (exact) mass is 323 g/mol. The predicted molar refractivity (Wildman–Crippen MR) is 80.1 cm³/mol. The van der Waals surface area contributed by atoms with Crippen LogP contribution in [-0.4, -0.2) is 34.5 Å². The molecule has 0 aromatic carbocycles. The minimum Gasteiger partial charge on any atom is -0.470 e. The SMILES string of the molecule is CCCCc1noc(C)c1COc1cc(C(=O)NCCO)on1. The third-order valence-electron chi connectivity index (χ3n) is 3.31. The zero-order valence-electron chi connectivity index (χ0n) is 13.3. The molecule has 0 spiro atoms. The van der Waals surface area contributed by atoms with Gasteiger partial charge in [0, 0.05) is 6.54 Å². The van der Waals surface area contributed by atoms with Crippen molar-refractivity contribution in [3.8, 4) is 5.88 Å². The third-order valence-corrected chi connectivity index (χ3v) is 3.31. The van der Waals surface area contributed by atoms with Crippen LogP contribution in [0.5, 0.6) is 5.88 Å². The first-order valence-electron chi connectivity index (χ1n) is 7.58. The molecule has 8 nitrogen and oxygen atoms in total. The molecule has 0 aliphatic heterocycles. The summed E-state index contributed by atoms with van der Waals surface area (Å²) in [5.41, 5.74) is 1.78. The van der Waals surface area contributed by atoms with Gasteiger partial charge >= 0.3 is 0 Å². The number of nitrogens with zero attached hydrogens (tertiary/aromatic N) is 2. The number of unbranched alkanes of at least 4 members (excludes halogenated alkanes) is 1. The Bertz CT molecular complexity index is 635. The number of aliphatic hydroxyl groups excluding tert-OH is 1. The molecule has 126 valence electrons. The molecular formula is C15H21N3O5. The first-order chi connectivity index (χ1) is 11.2. The van der Waals surface area contributed by atoms with E-state index in [1.165, 1.54) is 6.07 Å². The van der Waals surface area contributed by atoms with Crippen molar-refractivity contribution in [1.29, 1.82) is 0 Å². The Kier molecular flexibility index (Phi) is 6.16. The summed E-state index contributed by atoms with van der Waals surface area (Å²) in [5.74, 6) is 0.495. The number of carbonyl (C=O) groups is 1. The summed E-state index contributed by atoms with van der Waals surface area (Å²) in [5, 5.41) is 18.9. The highest BCUT2D eigenvalue weighted by molar-refractivity contribution is 5.91. The Hall–Kier alpha value is -2.35. The van der Waals surface area contributed by atoms with Crippen molar-refractivity contribution >= 4 is 5.91 Å². The van der Waals surface area contributed by atoms with E-state index in [-0.39, 0.29) is 31.4 Å². The van der Waals surface area contributed by atoms with Gasteiger partial charge in [-0.15, -0.1) is 0 Å². The first kappa shape index (κ1) is 17.0. The maximum absolute atomic E-state index is 11.6. The van der Waals surface area contributed by atoms with Crippen molar-refractivity contribution in [3.63, 3.8) is 0 Å². The fourth-order valence-corrected chi connectivity index (χ4v) is 2.00. The maximum atomic E-state index is 11.6. The number of aliphatic hydroxyl groups is 1. The van der Waals surface area contributed by atoms with E-state index in [0.29, 0.717) is 5.76 Å². The highest BCUT2D eigenvalue weighted by atomic mass is 16.5. The van der Waals surface area contributed by atoms with Crippen molar-refractivity contribution in [1.82, 2.24) is 15.6 Å². The fraction of sp³-hybridized carbons (Fsp3) is 0.533.